The van der Waals surface area contributed by atoms with Gasteiger partial charge >= 0.3 is 0 Å². The van der Waals surface area contributed by atoms with Crippen LogP contribution >= 0.6 is 35.0 Å². The number of nitrogens with zero attached hydrogens (tertiary/aromatic N) is 3. The maximum Gasteiger partial charge on any atom is 0.230 e. The van der Waals surface area contributed by atoms with Crippen molar-refractivity contribution in [2.45, 2.75) is 25.5 Å². The van der Waals surface area contributed by atoms with E-state index in [2.05, 4.69) is 15.5 Å². The molecule has 5 nitrogen and oxygen atoms in total. The third-order valence-electron chi connectivity index (χ3n) is 2.91. The van der Waals surface area contributed by atoms with Crippen LogP contribution < -0.4 is 5.32 Å². The average Bonchev–Trinajstić information content (AvgIpc) is 2.88. The van der Waals surface area contributed by atoms with E-state index in [0.717, 1.165) is 5.56 Å². The maximum atomic E-state index is 11.6. The Morgan fingerprint density at radius 3 is 2.73 bits per heavy atom. The monoisotopic (exact) mass is 358 g/mol. The molecule has 0 spiro atoms. The zero-order chi connectivity index (χ0) is 16.1. The van der Waals surface area contributed by atoms with Crippen LogP contribution in [0.25, 0.3) is 11.4 Å². The molecule has 0 aliphatic rings. The summed E-state index contributed by atoms with van der Waals surface area (Å²) in [7, 11) is 0. The Kier molecular flexibility index (Phi) is 6.11. The molecular formula is C14H16Cl2N4OS. The molecule has 0 saturated carbocycles. The fourth-order valence-corrected chi connectivity index (χ4v) is 3.25. The molecular weight excluding hydrogens is 343 g/mol. The van der Waals surface area contributed by atoms with Crippen LogP contribution in [0.3, 0.4) is 0 Å². The molecule has 0 radical (unpaired) electrons. The minimum Gasteiger partial charge on any atom is -0.356 e. The lowest BCUT2D eigenvalue weighted by Crippen LogP contribution is -2.24. The Labute approximate surface area is 143 Å². The molecule has 1 aromatic heterocycles. The molecule has 0 saturated heterocycles. The molecule has 1 amide bonds. The average molecular weight is 359 g/mol. The van der Waals surface area contributed by atoms with Crippen molar-refractivity contribution in [3.05, 3.63) is 28.2 Å². The summed E-state index contributed by atoms with van der Waals surface area (Å²) in [6.45, 7) is 5.18. The molecule has 0 unspecified atom stereocenters. The van der Waals surface area contributed by atoms with Crippen LogP contribution in [-0.4, -0.2) is 33.0 Å². The number of thioether (sulfide) groups is 1. The Morgan fingerprint density at radius 2 is 2.09 bits per heavy atom. The Bertz CT molecular complexity index is 675. The highest BCUT2D eigenvalue weighted by Crippen LogP contribution is 2.31. The van der Waals surface area contributed by atoms with Gasteiger partial charge in [-0.1, -0.05) is 35.0 Å². The van der Waals surface area contributed by atoms with Crippen LogP contribution in [0.4, 0.5) is 0 Å². The number of hydrogen-bond donors (Lipinski definition) is 1. The van der Waals surface area contributed by atoms with E-state index >= 15 is 0 Å². The lowest BCUT2D eigenvalue weighted by molar-refractivity contribution is -0.118. The third-order valence-corrected chi connectivity index (χ3v) is 4.43. The van der Waals surface area contributed by atoms with Gasteiger partial charge in [0.15, 0.2) is 11.0 Å². The zero-order valence-corrected chi connectivity index (χ0v) is 14.6. The van der Waals surface area contributed by atoms with E-state index in [4.69, 9.17) is 23.2 Å². The van der Waals surface area contributed by atoms with Gasteiger partial charge in [0.2, 0.25) is 5.91 Å². The number of carbonyl (C=O) groups excluding carboxylic acids is 1. The molecule has 1 aromatic carbocycles. The van der Waals surface area contributed by atoms with E-state index in [0.29, 0.717) is 39.9 Å². The van der Waals surface area contributed by atoms with E-state index in [9.17, 15) is 4.79 Å². The standard InChI is InChI=1S/C14H16Cl2N4OS/c1-3-17-12(21)8-22-14-19-18-13(20(14)4-2)10-6-5-9(15)7-11(10)16/h5-7H,3-4,8H2,1-2H3,(H,17,21). The fraction of sp³-hybridized carbons (Fsp3) is 0.357. The molecule has 2 rings (SSSR count). The first kappa shape index (κ1) is 17.1. The number of benzene rings is 1. The summed E-state index contributed by atoms with van der Waals surface area (Å²) in [4.78, 5) is 11.6. The van der Waals surface area contributed by atoms with Crippen LogP contribution in [0.5, 0.6) is 0 Å². The van der Waals surface area contributed by atoms with Crippen molar-refractivity contribution in [2.24, 2.45) is 0 Å². The fourth-order valence-electron chi connectivity index (χ4n) is 1.93. The number of amides is 1. The Hall–Kier alpha value is -1.24. The molecule has 0 atom stereocenters. The number of carbonyl (C=O) groups is 1. The molecule has 0 aliphatic carbocycles. The number of hydrogen-bond acceptors (Lipinski definition) is 4. The molecule has 1 N–H and O–H groups in total. The normalized spacial score (nSPS) is 10.7. The van der Waals surface area contributed by atoms with Gasteiger partial charge in [-0.25, -0.2) is 0 Å². The summed E-state index contributed by atoms with van der Waals surface area (Å²) in [5.74, 6) is 0.951. The number of aromatic nitrogens is 3. The summed E-state index contributed by atoms with van der Waals surface area (Å²) >= 11 is 13.5. The Balaban J connectivity index is 2.25. The van der Waals surface area contributed by atoms with Crippen molar-refractivity contribution >= 4 is 40.9 Å². The molecule has 118 valence electrons. The van der Waals surface area contributed by atoms with Gasteiger partial charge in [0.25, 0.3) is 0 Å². The SMILES string of the molecule is CCNC(=O)CSc1nnc(-c2ccc(Cl)cc2Cl)n1CC. The minimum absolute atomic E-state index is 0.0239. The van der Waals surface area contributed by atoms with Gasteiger partial charge in [-0.2, -0.15) is 0 Å². The molecule has 22 heavy (non-hydrogen) atoms. The predicted octanol–water partition coefficient (Wildman–Crippen LogP) is 3.50. The van der Waals surface area contributed by atoms with Crippen LogP contribution in [0.15, 0.2) is 23.4 Å². The first-order valence-electron chi connectivity index (χ1n) is 6.84. The van der Waals surface area contributed by atoms with Crippen LogP contribution in [-0.2, 0) is 11.3 Å². The quantitative estimate of drug-likeness (QED) is 0.802. The van der Waals surface area contributed by atoms with Crippen molar-refractivity contribution in [1.29, 1.82) is 0 Å². The largest absolute Gasteiger partial charge is 0.356 e. The van der Waals surface area contributed by atoms with E-state index in [-0.39, 0.29) is 5.91 Å². The highest BCUT2D eigenvalue weighted by atomic mass is 35.5. The summed E-state index contributed by atoms with van der Waals surface area (Å²) < 4.78 is 1.93. The summed E-state index contributed by atoms with van der Waals surface area (Å²) in [6, 6.07) is 5.26. The number of rotatable bonds is 6. The second kappa shape index (κ2) is 7.85. The highest BCUT2D eigenvalue weighted by Gasteiger charge is 2.16. The van der Waals surface area contributed by atoms with E-state index in [1.165, 1.54) is 11.8 Å². The van der Waals surface area contributed by atoms with Crippen molar-refractivity contribution in [3.63, 3.8) is 0 Å². The second-order valence-electron chi connectivity index (χ2n) is 4.42. The minimum atomic E-state index is -0.0239. The molecule has 8 heteroatoms. The number of nitrogens with one attached hydrogen (secondary N) is 1. The smallest absolute Gasteiger partial charge is 0.230 e. The van der Waals surface area contributed by atoms with Crippen LogP contribution in [0, 0.1) is 0 Å². The molecule has 0 bridgehead atoms. The summed E-state index contributed by atoms with van der Waals surface area (Å²) in [6.07, 6.45) is 0. The van der Waals surface area contributed by atoms with Gasteiger partial charge < -0.3 is 9.88 Å². The van der Waals surface area contributed by atoms with Crippen LogP contribution in [0.2, 0.25) is 10.0 Å². The van der Waals surface area contributed by atoms with Crippen molar-refractivity contribution in [2.75, 3.05) is 12.3 Å². The first-order chi connectivity index (χ1) is 10.6. The summed E-state index contributed by atoms with van der Waals surface area (Å²) in [5, 5.41) is 12.9. The lowest BCUT2D eigenvalue weighted by atomic mass is 10.2. The van der Waals surface area contributed by atoms with E-state index in [1.54, 1.807) is 12.1 Å². The second-order valence-corrected chi connectivity index (χ2v) is 6.20. The van der Waals surface area contributed by atoms with Gasteiger partial charge in [0, 0.05) is 23.7 Å². The van der Waals surface area contributed by atoms with Gasteiger partial charge in [-0.3, -0.25) is 4.79 Å². The van der Waals surface area contributed by atoms with Gasteiger partial charge in [0.05, 0.1) is 10.8 Å². The first-order valence-corrected chi connectivity index (χ1v) is 8.59. The Morgan fingerprint density at radius 1 is 1.32 bits per heavy atom. The van der Waals surface area contributed by atoms with E-state index in [1.807, 2.05) is 24.5 Å². The molecule has 0 fully saturated rings. The predicted molar refractivity (Wildman–Crippen MR) is 90.6 cm³/mol. The lowest BCUT2D eigenvalue weighted by Gasteiger charge is -2.08. The van der Waals surface area contributed by atoms with Crippen LogP contribution in [0.1, 0.15) is 13.8 Å². The third kappa shape index (κ3) is 3.94. The highest BCUT2D eigenvalue weighted by molar-refractivity contribution is 7.99. The molecule has 2 aromatic rings. The van der Waals surface area contributed by atoms with Crippen molar-refractivity contribution in [1.82, 2.24) is 20.1 Å². The zero-order valence-electron chi connectivity index (χ0n) is 12.3. The van der Waals surface area contributed by atoms with Gasteiger partial charge in [0.1, 0.15) is 0 Å². The van der Waals surface area contributed by atoms with Crippen molar-refractivity contribution in [3.8, 4) is 11.4 Å². The van der Waals surface area contributed by atoms with Gasteiger partial charge in [-0.05, 0) is 32.0 Å². The molecule has 1 heterocycles. The summed E-state index contributed by atoms with van der Waals surface area (Å²) in [5.41, 5.74) is 0.769. The van der Waals surface area contributed by atoms with E-state index < -0.39 is 0 Å². The number of halogens is 2. The topological polar surface area (TPSA) is 59.8 Å². The van der Waals surface area contributed by atoms with Gasteiger partial charge in [-0.15, -0.1) is 10.2 Å². The maximum absolute atomic E-state index is 11.6. The van der Waals surface area contributed by atoms with Crippen molar-refractivity contribution < 1.29 is 4.79 Å². The molecule has 0 aliphatic heterocycles.